The van der Waals surface area contributed by atoms with Gasteiger partial charge in [0.05, 0.1) is 5.39 Å². The molecule has 0 radical (unpaired) electrons. The van der Waals surface area contributed by atoms with Crippen LogP contribution >= 0.6 is 0 Å². The molecular weight excluding hydrogens is 328 g/mol. The van der Waals surface area contributed by atoms with Crippen molar-refractivity contribution in [3.63, 3.8) is 0 Å². The van der Waals surface area contributed by atoms with Gasteiger partial charge in [-0.2, -0.15) is 0 Å². The highest BCUT2D eigenvalue weighted by atomic mass is 28.4. The first-order chi connectivity index (χ1) is 11.7. The van der Waals surface area contributed by atoms with Gasteiger partial charge in [0.15, 0.2) is 8.32 Å². The second-order valence-electron chi connectivity index (χ2n) is 8.89. The topological polar surface area (TPSA) is 52.0 Å². The van der Waals surface area contributed by atoms with E-state index >= 15 is 0 Å². The Kier molecular flexibility index (Phi) is 4.94. The maximum Gasteiger partial charge on any atom is 0.192 e. The molecule has 2 aromatic heterocycles. The van der Waals surface area contributed by atoms with Crippen LogP contribution in [0.3, 0.4) is 0 Å². The van der Waals surface area contributed by atoms with Gasteiger partial charge in [0.25, 0.3) is 0 Å². The van der Waals surface area contributed by atoms with Gasteiger partial charge in [-0.25, -0.2) is 9.97 Å². The Hall–Kier alpha value is -1.40. The van der Waals surface area contributed by atoms with Gasteiger partial charge in [-0.3, -0.25) is 0 Å². The average Bonchev–Trinajstić information content (AvgIpc) is 2.89. The summed E-state index contributed by atoms with van der Waals surface area (Å²) in [5.41, 5.74) is 0.974. The van der Waals surface area contributed by atoms with E-state index in [0.29, 0.717) is 12.1 Å². The van der Waals surface area contributed by atoms with E-state index in [0.717, 1.165) is 23.3 Å². The Morgan fingerprint density at radius 2 is 2.00 bits per heavy atom. The Bertz CT molecular complexity index is 735. The number of aromatic nitrogens is 3. The molecule has 2 aromatic rings. The molecule has 0 saturated heterocycles. The first-order valence-electron chi connectivity index (χ1n) is 9.38. The summed E-state index contributed by atoms with van der Waals surface area (Å²) in [5, 5.41) is 5.02. The van der Waals surface area contributed by atoms with E-state index in [9.17, 15) is 0 Å². The Morgan fingerprint density at radius 3 is 2.72 bits per heavy atom. The predicted molar refractivity (Wildman–Crippen MR) is 106 cm³/mol. The molecule has 1 fully saturated rings. The molecule has 5 nitrogen and oxygen atoms in total. The molecule has 0 bridgehead atoms. The lowest BCUT2D eigenvalue weighted by Gasteiger charge is -2.41. The number of hydrogen-bond acceptors (Lipinski definition) is 4. The molecule has 0 unspecified atom stereocenters. The van der Waals surface area contributed by atoms with Gasteiger partial charge in [0.1, 0.15) is 17.8 Å². The fraction of sp³-hybridized carbons (Fsp3) is 0.684. The third-order valence-corrected chi connectivity index (χ3v) is 10.4. The van der Waals surface area contributed by atoms with Crippen LogP contribution in [0.25, 0.3) is 11.0 Å². The van der Waals surface area contributed by atoms with E-state index in [-0.39, 0.29) is 5.04 Å². The van der Waals surface area contributed by atoms with Crippen molar-refractivity contribution in [2.75, 3.05) is 5.32 Å². The molecule has 6 heteroatoms. The zero-order valence-electron chi connectivity index (χ0n) is 16.5. The van der Waals surface area contributed by atoms with E-state index in [4.69, 9.17) is 4.43 Å². The van der Waals surface area contributed by atoms with Crippen LogP contribution in [0.4, 0.5) is 5.82 Å². The summed E-state index contributed by atoms with van der Waals surface area (Å²) >= 11 is 0. The van der Waals surface area contributed by atoms with Gasteiger partial charge >= 0.3 is 0 Å². The van der Waals surface area contributed by atoms with Gasteiger partial charge in [-0.1, -0.05) is 20.8 Å². The molecule has 1 aliphatic rings. The highest BCUT2D eigenvalue weighted by molar-refractivity contribution is 6.74. The molecule has 3 rings (SSSR count). The molecule has 25 heavy (non-hydrogen) atoms. The van der Waals surface area contributed by atoms with Crippen molar-refractivity contribution in [3.05, 3.63) is 18.6 Å². The minimum atomic E-state index is -1.71. The Morgan fingerprint density at radius 1 is 1.24 bits per heavy atom. The molecule has 1 aliphatic carbocycles. The first kappa shape index (κ1) is 18.4. The zero-order valence-corrected chi connectivity index (χ0v) is 17.5. The van der Waals surface area contributed by atoms with Gasteiger partial charge in [0, 0.05) is 25.4 Å². The lowest BCUT2D eigenvalue weighted by Crippen LogP contribution is -2.46. The molecule has 0 spiro atoms. The van der Waals surface area contributed by atoms with Crippen LogP contribution < -0.4 is 5.32 Å². The van der Waals surface area contributed by atoms with E-state index in [1.807, 2.05) is 17.8 Å². The summed E-state index contributed by atoms with van der Waals surface area (Å²) in [6, 6.07) is 2.51. The summed E-state index contributed by atoms with van der Waals surface area (Å²) < 4.78 is 8.70. The van der Waals surface area contributed by atoms with Crippen molar-refractivity contribution in [1.29, 1.82) is 0 Å². The number of rotatable bonds is 4. The number of aryl methyl sites for hydroxylation is 1. The highest BCUT2D eigenvalue weighted by Gasteiger charge is 2.40. The van der Waals surface area contributed by atoms with Crippen LogP contribution in [0.15, 0.2) is 18.6 Å². The standard InChI is InChI=1S/C19H32N4OSi/c1-19(2,3)25(5,6)24-15-9-7-8-14(12-15)22-17-16-10-11-23(4)18(16)21-13-20-17/h10-11,13-15H,7-9,12H2,1-6H3,(H,20,21,22)/t14-,15+/m0/s1. The molecule has 1 N–H and O–H groups in total. The van der Waals surface area contributed by atoms with E-state index in [2.05, 4.69) is 55.2 Å². The van der Waals surface area contributed by atoms with E-state index in [1.54, 1.807) is 6.33 Å². The normalized spacial score (nSPS) is 22.3. The maximum absolute atomic E-state index is 6.66. The van der Waals surface area contributed by atoms with Crippen LogP contribution in [0.5, 0.6) is 0 Å². The van der Waals surface area contributed by atoms with Crippen LogP contribution in [0.2, 0.25) is 18.1 Å². The number of fused-ring (bicyclic) bond motifs is 1. The zero-order chi connectivity index (χ0) is 18.2. The summed E-state index contributed by atoms with van der Waals surface area (Å²) in [5.74, 6) is 0.948. The lowest BCUT2D eigenvalue weighted by atomic mass is 9.93. The molecule has 2 atom stereocenters. The largest absolute Gasteiger partial charge is 0.414 e. The average molecular weight is 361 g/mol. The minimum Gasteiger partial charge on any atom is -0.414 e. The molecule has 0 amide bonds. The van der Waals surface area contributed by atoms with Gasteiger partial charge < -0.3 is 14.3 Å². The lowest BCUT2D eigenvalue weighted by molar-refractivity contribution is 0.132. The number of anilines is 1. The molecule has 0 aromatic carbocycles. The fourth-order valence-electron chi connectivity index (χ4n) is 3.36. The fourth-order valence-corrected chi connectivity index (χ4v) is 4.76. The third kappa shape index (κ3) is 3.90. The van der Waals surface area contributed by atoms with E-state index < -0.39 is 8.32 Å². The molecule has 2 heterocycles. The second-order valence-corrected chi connectivity index (χ2v) is 13.7. The van der Waals surface area contributed by atoms with Crippen molar-refractivity contribution in [1.82, 2.24) is 14.5 Å². The summed E-state index contributed by atoms with van der Waals surface area (Å²) in [6.07, 6.45) is 8.67. The van der Waals surface area contributed by atoms with Gasteiger partial charge in [0.2, 0.25) is 0 Å². The number of nitrogens with one attached hydrogen (secondary N) is 1. The first-order valence-corrected chi connectivity index (χ1v) is 12.3. The van der Waals surface area contributed by atoms with Crippen LogP contribution in [-0.2, 0) is 11.5 Å². The van der Waals surface area contributed by atoms with Crippen LogP contribution in [-0.4, -0.2) is 35.0 Å². The summed E-state index contributed by atoms with van der Waals surface area (Å²) in [6.45, 7) is 11.6. The van der Waals surface area contributed by atoms with Crippen LogP contribution in [0.1, 0.15) is 46.5 Å². The smallest absolute Gasteiger partial charge is 0.192 e. The van der Waals surface area contributed by atoms with Crippen molar-refractivity contribution in [2.24, 2.45) is 7.05 Å². The monoisotopic (exact) mass is 360 g/mol. The Balaban J connectivity index is 1.69. The van der Waals surface area contributed by atoms with Gasteiger partial charge in [-0.05, 0) is 49.9 Å². The van der Waals surface area contributed by atoms with Crippen molar-refractivity contribution >= 4 is 25.2 Å². The summed E-state index contributed by atoms with van der Waals surface area (Å²) in [7, 11) is 0.306. The van der Waals surface area contributed by atoms with E-state index in [1.165, 1.54) is 19.3 Å². The molecular formula is C19H32N4OSi. The SMILES string of the molecule is Cn1ccc2c(N[C@H]3CCC[C@@H](O[Si](C)(C)C(C)(C)C)C3)ncnc21. The number of nitrogens with zero attached hydrogens (tertiary/aromatic N) is 3. The molecule has 0 aliphatic heterocycles. The minimum absolute atomic E-state index is 0.260. The van der Waals surface area contributed by atoms with Crippen molar-refractivity contribution < 1.29 is 4.43 Å². The maximum atomic E-state index is 6.66. The second kappa shape index (κ2) is 6.72. The quantitative estimate of drug-likeness (QED) is 0.802. The summed E-state index contributed by atoms with van der Waals surface area (Å²) in [4.78, 5) is 8.86. The van der Waals surface area contributed by atoms with Crippen molar-refractivity contribution in [3.8, 4) is 0 Å². The Labute approximate surface area is 152 Å². The number of hydrogen-bond donors (Lipinski definition) is 1. The third-order valence-electron chi connectivity index (χ3n) is 5.90. The van der Waals surface area contributed by atoms with Crippen molar-refractivity contribution in [2.45, 2.75) is 76.7 Å². The molecule has 138 valence electrons. The predicted octanol–water partition coefficient (Wildman–Crippen LogP) is 4.71. The van der Waals surface area contributed by atoms with Gasteiger partial charge in [-0.15, -0.1) is 0 Å². The van der Waals surface area contributed by atoms with Crippen LogP contribution in [0, 0.1) is 0 Å². The molecule has 1 saturated carbocycles. The highest BCUT2D eigenvalue weighted by Crippen LogP contribution is 2.39.